The van der Waals surface area contributed by atoms with Crippen LogP contribution >= 0.6 is 23.2 Å². The lowest BCUT2D eigenvalue weighted by Gasteiger charge is -2.18. The summed E-state index contributed by atoms with van der Waals surface area (Å²) < 4.78 is 2.33. The van der Waals surface area contributed by atoms with E-state index in [2.05, 4.69) is 29.5 Å². The zero-order valence-corrected chi connectivity index (χ0v) is 12.3. The number of rotatable bonds is 5. The molecule has 0 bridgehead atoms. The maximum Gasteiger partial charge on any atom is 0.111 e. The summed E-state index contributed by atoms with van der Waals surface area (Å²) in [6, 6.07) is 6.39. The fourth-order valence-electron chi connectivity index (χ4n) is 2.44. The largest absolute Gasteiger partial charge is 0.325 e. The smallest absolute Gasteiger partial charge is 0.111 e. The van der Waals surface area contributed by atoms with Crippen molar-refractivity contribution in [2.24, 2.45) is 0 Å². The summed E-state index contributed by atoms with van der Waals surface area (Å²) in [5.41, 5.74) is 2.13. The highest BCUT2D eigenvalue weighted by Gasteiger charge is 2.16. The van der Waals surface area contributed by atoms with Gasteiger partial charge in [-0.1, -0.05) is 25.4 Å². The van der Waals surface area contributed by atoms with Crippen molar-refractivity contribution in [2.75, 3.05) is 5.88 Å². The highest BCUT2D eigenvalue weighted by Crippen LogP contribution is 2.27. The molecule has 0 spiro atoms. The van der Waals surface area contributed by atoms with Gasteiger partial charge in [-0.2, -0.15) is 0 Å². The first-order chi connectivity index (χ1) is 8.71. The molecule has 0 aliphatic heterocycles. The van der Waals surface area contributed by atoms with E-state index in [0.717, 1.165) is 41.1 Å². The Labute approximate surface area is 118 Å². The van der Waals surface area contributed by atoms with Crippen LogP contribution in [0.25, 0.3) is 11.0 Å². The number of hydrogen-bond acceptors (Lipinski definition) is 1. The molecule has 1 aromatic carbocycles. The number of imidazole rings is 1. The Kier molecular flexibility index (Phi) is 4.52. The molecule has 2 aromatic rings. The van der Waals surface area contributed by atoms with E-state index in [4.69, 9.17) is 23.2 Å². The number of halogens is 2. The Morgan fingerprint density at radius 1 is 1.28 bits per heavy atom. The van der Waals surface area contributed by atoms with Crippen LogP contribution in [0.1, 0.15) is 38.6 Å². The first kappa shape index (κ1) is 13.7. The number of alkyl halides is 1. The predicted octanol–water partition coefficient (Wildman–Crippen LogP) is 4.83. The first-order valence-corrected chi connectivity index (χ1v) is 7.34. The van der Waals surface area contributed by atoms with Gasteiger partial charge in [-0.3, -0.25) is 0 Å². The van der Waals surface area contributed by atoms with Crippen molar-refractivity contribution >= 4 is 34.2 Å². The molecule has 0 saturated carbocycles. The summed E-state index contributed by atoms with van der Waals surface area (Å²) in [5.74, 6) is 1.66. The molecule has 2 nitrogen and oxygen atoms in total. The third-order valence-corrected chi connectivity index (χ3v) is 3.77. The second-order valence-corrected chi connectivity index (χ2v) is 5.25. The molecule has 18 heavy (non-hydrogen) atoms. The minimum Gasteiger partial charge on any atom is -0.325 e. The van der Waals surface area contributed by atoms with E-state index < -0.39 is 0 Å². The molecule has 0 atom stereocenters. The van der Waals surface area contributed by atoms with Crippen molar-refractivity contribution in [1.29, 1.82) is 0 Å². The normalized spacial score (nSPS) is 11.6. The van der Waals surface area contributed by atoms with E-state index in [1.165, 1.54) is 0 Å². The van der Waals surface area contributed by atoms with Gasteiger partial charge in [0, 0.05) is 23.4 Å². The van der Waals surface area contributed by atoms with Gasteiger partial charge in [0.15, 0.2) is 0 Å². The molecule has 0 radical (unpaired) electrons. The molecule has 0 amide bonds. The van der Waals surface area contributed by atoms with Crippen LogP contribution in [0.5, 0.6) is 0 Å². The van der Waals surface area contributed by atoms with E-state index in [9.17, 15) is 0 Å². The molecule has 0 saturated heterocycles. The number of hydrogen-bond donors (Lipinski definition) is 0. The van der Waals surface area contributed by atoms with E-state index in [1.807, 2.05) is 12.1 Å². The summed E-state index contributed by atoms with van der Waals surface area (Å²) in [6.45, 7) is 4.42. The zero-order chi connectivity index (χ0) is 13.1. The van der Waals surface area contributed by atoms with Crippen molar-refractivity contribution < 1.29 is 0 Å². The van der Waals surface area contributed by atoms with Crippen molar-refractivity contribution in [2.45, 2.75) is 39.2 Å². The quantitative estimate of drug-likeness (QED) is 0.719. The Balaban J connectivity index is 2.61. The van der Waals surface area contributed by atoms with Gasteiger partial charge in [0.1, 0.15) is 5.82 Å². The van der Waals surface area contributed by atoms with Crippen molar-refractivity contribution in [3.05, 3.63) is 29.0 Å². The number of benzene rings is 1. The minimum atomic E-state index is 0.481. The standard InChI is InChI=1S/C14H18Cl2N2/c1-3-11(4-2)18-13-6-5-10(16)9-12(13)17-14(18)7-8-15/h5-6,9,11H,3-4,7-8H2,1-2H3. The molecule has 1 heterocycles. The maximum atomic E-state index is 6.03. The second-order valence-electron chi connectivity index (χ2n) is 4.44. The summed E-state index contributed by atoms with van der Waals surface area (Å²) in [7, 11) is 0. The lowest BCUT2D eigenvalue weighted by atomic mass is 10.1. The van der Waals surface area contributed by atoms with Gasteiger partial charge in [0.2, 0.25) is 0 Å². The summed E-state index contributed by atoms with van der Waals surface area (Å²) in [5, 5.41) is 0.731. The minimum absolute atomic E-state index is 0.481. The van der Waals surface area contributed by atoms with E-state index in [-0.39, 0.29) is 0 Å². The van der Waals surface area contributed by atoms with Crippen molar-refractivity contribution in [1.82, 2.24) is 9.55 Å². The number of fused-ring (bicyclic) bond motifs is 1. The van der Waals surface area contributed by atoms with Crippen LogP contribution in [0, 0.1) is 0 Å². The van der Waals surface area contributed by atoms with Gasteiger partial charge in [-0.15, -0.1) is 11.6 Å². The van der Waals surface area contributed by atoms with Crippen LogP contribution in [-0.4, -0.2) is 15.4 Å². The summed E-state index contributed by atoms with van der Waals surface area (Å²) in [4.78, 5) is 4.67. The van der Waals surface area contributed by atoms with E-state index in [0.29, 0.717) is 11.9 Å². The van der Waals surface area contributed by atoms with E-state index >= 15 is 0 Å². The van der Waals surface area contributed by atoms with Crippen LogP contribution in [0.3, 0.4) is 0 Å². The fraction of sp³-hybridized carbons (Fsp3) is 0.500. The number of aryl methyl sites for hydroxylation is 1. The van der Waals surface area contributed by atoms with Crippen LogP contribution in [0.15, 0.2) is 18.2 Å². The third kappa shape index (κ3) is 2.50. The Morgan fingerprint density at radius 2 is 2.00 bits per heavy atom. The Bertz CT molecular complexity index is 530. The van der Waals surface area contributed by atoms with Gasteiger partial charge in [0.05, 0.1) is 11.0 Å². The average Bonchev–Trinajstić information content (AvgIpc) is 2.69. The number of aromatic nitrogens is 2. The molecule has 0 unspecified atom stereocenters. The second kappa shape index (κ2) is 5.94. The SMILES string of the molecule is CCC(CC)n1c(CCCl)nc2cc(Cl)ccc21. The summed E-state index contributed by atoms with van der Waals surface area (Å²) >= 11 is 11.9. The van der Waals surface area contributed by atoms with Gasteiger partial charge in [-0.25, -0.2) is 4.98 Å². The van der Waals surface area contributed by atoms with Crippen molar-refractivity contribution in [3.63, 3.8) is 0 Å². The van der Waals surface area contributed by atoms with Gasteiger partial charge < -0.3 is 4.57 Å². The van der Waals surface area contributed by atoms with E-state index in [1.54, 1.807) is 0 Å². The van der Waals surface area contributed by atoms with Gasteiger partial charge >= 0.3 is 0 Å². The average molecular weight is 285 g/mol. The highest BCUT2D eigenvalue weighted by atomic mass is 35.5. The topological polar surface area (TPSA) is 17.8 Å². The zero-order valence-electron chi connectivity index (χ0n) is 10.8. The predicted molar refractivity (Wildman–Crippen MR) is 78.8 cm³/mol. The first-order valence-electron chi connectivity index (χ1n) is 6.43. The molecule has 0 fully saturated rings. The lowest BCUT2D eigenvalue weighted by molar-refractivity contribution is 0.468. The van der Waals surface area contributed by atoms with Crippen LogP contribution in [0.4, 0.5) is 0 Å². The monoisotopic (exact) mass is 284 g/mol. The molecular weight excluding hydrogens is 267 g/mol. The molecule has 0 aliphatic rings. The molecule has 1 aromatic heterocycles. The maximum absolute atomic E-state index is 6.03. The molecule has 98 valence electrons. The van der Waals surface area contributed by atoms with Crippen LogP contribution in [-0.2, 0) is 6.42 Å². The molecule has 0 N–H and O–H groups in total. The lowest BCUT2D eigenvalue weighted by Crippen LogP contribution is -2.11. The highest BCUT2D eigenvalue weighted by molar-refractivity contribution is 6.31. The van der Waals surface area contributed by atoms with Crippen LogP contribution < -0.4 is 0 Å². The Morgan fingerprint density at radius 3 is 2.61 bits per heavy atom. The third-order valence-electron chi connectivity index (χ3n) is 3.35. The van der Waals surface area contributed by atoms with Gasteiger partial charge in [0.25, 0.3) is 0 Å². The molecule has 2 rings (SSSR count). The molecule has 4 heteroatoms. The van der Waals surface area contributed by atoms with Crippen LogP contribution in [0.2, 0.25) is 5.02 Å². The number of nitrogens with zero attached hydrogens (tertiary/aromatic N) is 2. The fourth-order valence-corrected chi connectivity index (χ4v) is 2.78. The van der Waals surface area contributed by atoms with Crippen molar-refractivity contribution in [3.8, 4) is 0 Å². The summed E-state index contributed by atoms with van der Waals surface area (Å²) in [6.07, 6.45) is 2.99. The molecular formula is C14H18Cl2N2. The Hall–Kier alpha value is -0.730. The molecule has 0 aliphatic carbocycles. The van der Waals surface area contributed by atoms with Gasteiger partial charge in [-0.05, 0) is 31.0 Å².